The molecule has 0 aliphatic rings. The van der Waals surface area contributed by atoms with E-state index in [1.54, 1.807) is 35.0 Å². The molecule has 4 rings (SSSR count). The van der Waals surface area contributed by atoms with Crippen molar-refractivity contribution >= 4 is 34.9 Å². The first-order valence-electron chi connectivity index (χ1n) is 8.90. The Morgan fingerprint density at radius 1 is 1.14 bits per heavy atom. The topological polar surface area (TPSA) is 75.6 Å². The second-order valence-electron chi connectivity index (χ2n) is 6.57. The molecule has 146 valence electrons. The lowest BCUT2D eigenvalue weighted by atomic mass is 10.1. The molecule has 1 amide bonds. The first kappa shape index (κ1) is 19.2. The van der Waals surface area contributed by atoms with Crippen LogP contribution >= 0.6 is 23.2 Å². The molecule has 2 heterocycles. The third kappa shape index (κ3) is 4.34. The van der Waals surface area contributed by atoms with E-state index in [1.165, 1.54) is 11.1 Å². The molecule has 6 nitrogen and oxygen atoms in total. The molecule has 0 bridgehead atoms. The quantitative estimate of drug-likeness (QED) is 0.461. The summed E-state index contributed by atoms with van der Waals surface area (Å²) in [4.78, 5) is 12.5. The van der Waals surface area contributed by atoms with Crippen molar-refractivity contribution in [2.45, 2.75) is 13.5 Å². The van der Waals surface area contributed by atoms with E-state index in [1.807, 2.05) is 18.3 Å². The normalized spacial score (nSPS) is 10.9. The fraction of sp³-hybridized carbons (Fsp3) is 0.0952. The first-order valence-corrected chi connectivity index (χ1v) is 9.65. The van der Waals surface area contributed by atoms with Gasteiger partial charge >= 0.3 is 0 Å². The number of rotatable bonds is 5. The fourth-order valence-electron chi connectivity index (χ4n) is 2.94. The molecule has 29 heavy (non-hydrogen) atoms. The monoisotopic (exact) mass is 425 g/mol. The van der Waals surface area contributed by atoms with E-state index in [0.29, 0.717) is 39.4 Å². The lowest BCUT2D eigenvalue weighted by Gasteiger charge is -2.05. The maximum Gasteiger partial charge on any atom is 0.274 e. The summed E-state index contributed by atoms with van der Waals surface area (Å²) in [5.74, 6) is 0.124. The zero-order valence-corrected chi connectivity index (χ0v) is 17.0. The van der Waals surface area contributed by atoms with E-state index in [0.717, 1.165) is 0 Å². The van der Waals surface area contributed by atoms with Gasteiger partial charge in [-0.3, -0.25) is 14.6 Å². The van der Waals surface area contributed by atoms with Crippen LogP contribution in [0, 0.1) is 6.92 Å². The Labute approximate surface area is 177 Å². The molecule has 0 saturated carbocycles. The van der Waals surface area contributed by atoms with Gasteiger partial charge in [0.25, 0.3) is 5.91 Å². The van der Waals surface area contributed by atoms with Crippen LogP contribution in [0.15, 0.2) is 60.8 Å². The van der Waals surface area contributed by atoms with E-state index in [2.05, 4.69) is 39.7 Å². The van der Waals surface area contributed by atoms with Crippen LogP contribution in [0.5, 0.6) is 0 Å². The number of anilines is 1. The van der Waals surface area contributed by atoms with Crippen LogP contribution in [0.3, 0.4) is 0 Å². The molecule has 0 unspecified atom stereocenters. The molecule has 0 spiro atoms. The average Bonchev–Trinajstić information content (AvgIpc) is 3.33. The van der Waals surface area contributed by atoms with E-state index < -0.39 is 0 Å². The Kier molecular flexibility index (Phi) is 5.38. The van der Waals surface area contributed by atoms with Gasteiger partial charge in [0.15, 0.2) is 5.82 Å². The van der Waals surface area contributed by atoms with Gasteiger partial charge in [0.2, 0.25) is 0 Å². The van der Waals surface area contributed by atoms with Crippen LogP contribution in [0.2, 0.25) is 10.0 Å². The Morgan fingerprint density at radius 3 is 2.76 bits per heavy atom. The molecule has 2 aromatic heterocycles. The molecule has 2 N–H and O–H groups in total. The van der Waals surface area contributed by atoms with Gasteiger partial charge in [-0.1, -0.05) is 47.5 Å². The summed E-state index contributed by atoms with van der Waals surface area (Å²) in [7, 11) is 0. The van der Waals surface area contributed by atoms with Crippen LogP contribution < -0.4 is 5.32 Å². The number of nitrogens with zero attached hydrogens (tertiary/aromatic N) is 3. The second-order valence-corrected chi connectivity index (χ2v) is 7.41. The number of carbonyl (C=O) groups is 1. The molecule has 8 heteroatoms. The fourth-order valence-corrected chi connectivity index (χ4v) is 3.44. The van der Waals surface area contributed by atoms with E-state index in [9.17, 15) is 4.79 Å². The van der Waals surface area contributed by atoms with Crippen molar-refractivity contribution in [1.29, 1.82) is 0 Å². The summed E-state index contributed by atoms with van der Waals surface area (Å²) in [6.07, 6.45) is 1.83. The first-order chi connectivity index (χ1) is 14.0. The summed E-state index contributed by atoms with van der Waals surface area (Å²) in [6, 6.07) is 16.6. The molecule has 2 aromatic carbocycles. The van der Waals surface area contributed by atoms with E-state index in [4.69, 9.17) is 23.2 Å². The lowest BCUT2D eigenvalue weighted by Crippen LogP contribution is -2.13. The summed E-state index contributed by atoms with van der Waals surface area (Å²) in [5.41, 5.74) is 3.92. The van der Waals surface area contributed by atoms with Crippen LogP contribution in [-0.2, 0) is 6.54 Å². The molecule has 0 saturated heterocycles. The van der Waals surface area contributed by atoms with Crippen molar-refractivity contribution in [2.75, 3.05) is 5.32 Å². The highest BCUT2D eigenvalue weighted by Gasteiger charge is 2.14. The van der Waals surface area contributed by atoms with Crippen LogP contribution in [0.25, 0.3) is 11.3 Å². The van der Waals surface area contributed by atoms with Gasteiger partial charge in [0.1, 0.15) is 5.69 Å². The van der Waals surface area contributed by atoms with Crippen molar-refractivity contribution in [3.05, 3.63) is 87.7 Å². The van der Waals surface area contributed by atoms with Crippen LogP contribution in [0.1, 0.15) is 21.6 Å². The summed E-state index contributed by atoms with van der Waals surface area (Å²) in [5, 5.41) is 15.1. The van der Waals surface area contributed by atoms with Gasteiger partial charge < -0.3 is 5.32 Å². The Morgan fingerprint density at radius 2 is 1.97 bits per heavy atom. The van der Waals surface area contributed by atoms with Crippen LogP contribution in [0.4, 0.5) is 5.82 Å². The Bertz CT molecular complexity index is 1180. The number of aryl methyl sites for hydroxylation is 1. The Balaban J connectivity index is 1.46. The van der Waals surface area contributed by atoms with Gasteiger partial charge in [-0.25, -0.2) is 0 Å². The van der Waals surface area contributed by atoms with Gasteiger partial charge in [-0.15, -0.1) is 0 Å². The number of amides is 1. The largest absolute Gasteiger partial charge is 0.304 e. The zero-order valence-electron chi connectivity index (χ0n) is 15.5. The van der Waals surface area contributed by atoms with Gasteiger partial charge in [-0.2, -0.15) is 10.2 Å². The van der Waals surface area contributed by atoms with E-state index in [-0.39, 0.29) is 5.91 Å². The molecule has 0 radical (unpaired) electrons. The summed E-state index contributed by atoms with van der Waals surface area (Å²) in [6.45, 7) is 2.69. The van der Waals surface area contributed by atoms with Crippen molar-refractivity contribution in [3.63, 3.8) is 0 Å². The molecule has 0 fully saturated rings. The smallest absolute Gasteiger partial charge is 0.274 e. The minimum Gasteiger partial charge on any atom is -0.304 e. The number of aromatic amines is 1. The number of aromatic nitrogens is 4. The second kappa shape index (κ2) is 8.11. The molecule has 4 aromatic rings. The number of hydrogen-bond acceptors (Lipinski definition) is 3. The molecular formula is C21H17Cl2N5O. The number of carbonyl (C=O) groups excluding carboxylic acids is 1. The number of halogens is 2. The van der Waals surface area contributed by atoms with Crippen molar-refractivity contribution in [3.8, 4) is 11.3 Å². The number of H-pyrrole nitrogens is 1. The molecule has 0 aliphatic heterocycles. The molecule has 0 atom stereocenters. The highest BCUT2D eigenvalue weighted by molar-refractivity contribution is 6.36. The molecular weight excluding hydrogens is 409 g/mol. The van der Waals surface area contributed by atoms with Crippen LogP contribution in [-0.4, -0.2) is 25.9 Å². The predicted molar refractivity (Wildman–Crippen MR) is 115 cm³/mol. The zero-order chi connectivity index (χ0) is 20.4. The van der Waals surface area contributed by atoms with Gasteiger partial charge in [0, 0.05) is 22.8 Å². The van der Waals surface area contributed by atoms with Gasteiger partial charge in [-0.05, 0) is 42.3 Å². The minimum atomic E-state index is -0.338. The maximum absolute atomic E-state index is 12.5. The highest BCUT2D eigenvalue weighted by atomic mass is 35.5. The SMILES string of the molecule is Cc1ccccc1Cn1ccc(NC(=O)c2cc(-c3ccc(Cl)cc3Cl)n[nH]2)n1. The summed E-state index contributed by atoms with van der Waals surface area (Å²) >= 11 is 12.1. The van der Waals surface area contributed by atoms with Crippen molar-refractivity contribution in [2.24, 2.45) is 0 Å². The third-order valence-electron chi connectivity index (χ3n) is 4.51. The molecule has 0 aliphatic carbocycles. The maximum atomic E-state index is 12.5. The standard InChI is InChI=1S/C21H17Cl2N5O/c1-13-4-2-3-5-14(13)12-28-9-8-20(27-28)24-21(29)19-11-18(25-26-19)16-7-6-15(22)10-17(16)23/h2-11H,12H2,1H3,(H,25,26)(H,24,27,29). The number of hydrogen-bond donors (Lipinski definition) is 2. The minimum absolute atomic E-state index is 0.305. The highest BCUT2D eigenvalue weighted by Crippen LogP contribution is 2.29. The Hall–Kier alpha value is -3.09. The van der Waals surface area contributed by atoms with E-state index >= 15 is 0 Å². The van der Waals surface area contributed by atoms with Crippen molar-refractivity contribution < 1.29 is 4.79 Å². The number of nitrogens with one attached hydrogen (secondary N) is 2. The lowest BCUT2D eigenvalue weighted by molar-refractivity contribution is 0.102. The summed E-state index contributed by atoms with van der Waals surface area (Å²) < 4.78 is 1.78. The predicted octanol–water partition coefficient (Wildman–Crippen LogP) is 5.19. The third-order valence-corrected chi connectivity index (χ3v) is 5.05. The number of benzene rings is 2. The average molecular weight is 426 g/mol. The van der Waals surface area contributed by atoms with Crippen molar-refractivity contribution in [1.82, 2.24) is 20.0 Å². The van der Waals surface area contributed by atoms with Gasteiger partial charge in [0.05, 0.1) is 17.3 Å².